The van der Waals surface area contributed by atoms with E-state index < -0.39 is 10.0 Å². The summed E-state index contributed by atoms with van der Waals surface area (Å²) >= 11 is 0. The monoisotopic (exact) mass is 378 g/mol. The normalized spacial score (nSPS) is 11.3. The molecule has 0 heterocycles. The van der Waals surface area contributed by atoms with Crippen LogP contribution >= 0.6 is 0 Å². The van der Waals surface area contributed by atoms with E-state index >= 15 is 0 Å². The smallest absolute Gasteiger partial charge is 0.258 e. The Balaban J connectivity index is 2.37. The summed E-state index contributed by atoms with van der Waals surface area (Å²) in [6, 6.07) is 11.1. The fourth-order valence-electron chi connectivity index (χ4n) is 2.34. The van der Waals surface area contributed by atoms with E-state index in [1.54, 1.807) is 37.4 Å². The van der Waals surface area contributed by atoms with Gasteiger partial charge < -0.3 is 14.4 Å². The average Bonchev–Trinajstić information content (AvgIpc) is 2.66. The Labute approximate surface area is 153 Å². The quantitative estimate of drug-likeness (QED) is 0.770. The number of ether oxygens (including phenoxy) is 2. The molecule has 0 aliphatic heterocycles. The fourth-order valence-corrected chi connectivity index (χ4v) is 3.29. The summed E-state index contributed by atoms with van der Waals surface area (Å²) in [5.41, 5.74) is 0.860. The van der Waals surface area contributed by atoms with Crippen molar-refractivity contribution >= 4 is 21.6 Å². The van der Waals surface area contributed by atoms with Gasteiger partial charge in [-0.15, -0.1) is 0 Å². The van der Waals surface area contributed by atoms with E-state index in [-0.39, 0.29) is 16.4 Å². The number of sulfonamides is 1. The van der Waals surface area contributed by atoms with Crippen LogP contribution < -0.4 is 14.4 Å². The number of amides is 1. The molecular formula is C18H22N2O5S. The van der Waals surface area contributed by atoms with E-state index in [0.29, 0.717) is 17.2 Å². The molecule has 0 bridgehead atoms. The van der Waals surface area contributed by atoms with Gasteiger partial charge in [0.05, 0.1) is 19.1 Å². The molecule has 26 heavy (non-hydrogen) atoms. The van der Waals surface area contributed by atoms with E-state index in [9.17, 15) is 13.2 Å². The first kappa shape index (κ1) is 19.7. The first-order chi connectivity index (χ1) is 12.2. The van der Waals surface area contributed by atoms with Crippen molar-refractivity contribution in [2.45, 2.75) is 4.90 Å². The molecule has 1 amide bonds. The second-order valence-corrected chi connectivity index (χ2v) is 7.87. The predicted molar refractivity (Wildman–Crippen MR) is 99.6 cm³/mol. The lowest BCUT2D eigenvalue weighted by Crippen LogP contribution is -2.27. The van der Waals surface area contributed by atoms with Crippen molar-refractivity contribution < 1.29 is 22.7 Å². The molecule has 8 heteroatoms. The summed E-state index contributed by atoms with van der Waals surface area (Å²) in [5, 5.41) is 0. The molecule has 0 saturated carbocycles. The van der Waals surface area contributed by atoms with Crippen LogP contribution in [0.25, 0.3) is 0 Å². The van der Waals surface area contributed by atoms with Gasteiger partial charge in [-0.25, -0.2) is 12.7 Å². The topological polar surface area (TPSA) is 76.2 Å². The molecule has 7 nitrogen and oxygen atoms in total. The number of hydrogen-bond acceptors (Lipinski definition) is 5. The number of anilines is 1. The lowest BCUT2D eigenvalue weighted by Gasteiger charge is -2.20. The van der Waals surface area contributed by atoms with E-state index in [4.69, 9.17) is 9.47 Å². The Morgan fingerprint density at radius 2 is 1.58 bits per heavy atom. The summed E-state index contributed by atoms with van der Waals surface area (Å²) in [7, 11) is 3.92. The van der Waals surface area contributed by atoms with Crippen LogP contribution in [0.3, 0.4) is 0 Å². The van der Waals surface area contributed by atoms with Crippen LogP contribution in [-0.2, 0) is 10.0 Å². The van der Waals surface area contributed by atoms with E-state index in [0.717, 1.165) is 4.31 Å². The number of nitrogens with zero attached hydrogens (tertiary/aromatic N) is 2. The Hall–Kier alpha value is -2.58. The third-order valence-corrected chi connectivity index (χ3v) is 5.73. The van der Waals surface area contributed by atoms with Gasteiger partial charge in [0, 0.05) is 38.5 Å². The highest BCUT2D eigenvalue weighted by Crippen LogP contribution is 2.31. The molecule has 0 N–H and O–H groups in total. The summed E-state index contributed by atoms with van der Waals surface area (Å²) in [5.74, 6) is 0.706. The summed E-state index contributed by atoms with van der Waals surface area (Å²) < 4.78 is 36.1. The molecular weight excluding hydrogens is 356 g/mol. The predicted octanol–water partition coefficient (Wildman–Crippen LogP) is 2.23. The fraction of sp³-hybridized carbons (Fsp3) is 0.278. The zero-order valence-electron chi connectivity index (χ0n) is 15.4. The van der Waals surface area contributed by atoms with Crippen LogP contribution in [0.15, 0.2) is 47.4 Å². The van der Waals surface area contributed by atoms with E-state index in [2.05, 4.69) is 0 Å². The third-order valence-electron chi connectivity index (χ3n) is 3.92. The second-order valence-electron chi connectivity index (χ2n) is 5.72. The molecule has 0 aromatic heterocycles. The first-order valence-electron chi connectivity index (χ1n) is 7.75. The van der Waals surface area contributed by atoms with Gasteiger partial charge in [0.1, 0.15) is 0 Å². The van der Waals surface area contributed by atoms with Crippen molar-refractivity contribution in [3.63, 3.8) is 0 Å². The maximum atomic E-state index is 12.8. The molecule has 0 unspecified atom stereocenters. The Morgan fingerprint density at radius 1 is 0.923 bits per heavy atom. The minimum Gasteiger partial charge on any atom is -0.493 e. The maximum Gasteiger partial charge on any atom is 0.258 e. The highest BCUT2D eigenvalue weighted by molar-refractivity contribution is 7.89. The van der Waals surface area contributed by atoms with Crippen molar-refractivity contribution in [2.75, 3.05) is 40.3 Å². The average molecular weight is 378 g/mol. The van der Waals surface area contributed by atoms with Gasteiger partial charge in [0.2, 0.25) is 10.0 Å². The second kappa shape index (κ2) is 7.76. The Morgan fingerprint density at radius 3 is 2.15 bits per heavy atom. The van der Waals surface area contributed by atoms with Gasteiger partial charge in [-0.3, -0.25) is 4.79 Å². The molecule has 140 valence electrons. The third kappa shape index (κ3) is 3.81. The van der Waals surface area contributed by atoms with Gasteiger partial charge >= 0.3 is 0 Å². The van der Waals surface area contributed by atoms with Gasteiger partial charge in [0.15, 0.2) is 11.5 Å². The van der Waals surface area contributed by atoms with Gasteiger partial charge in [0.25, 0.3) is 5.91 Å². The maximum absolute atomic E-state index is 12.8. The van der Waals surface area contributed by atoms with Gasteiger partial charge in [-0.05, 0) is 30.3 Å². The van der Waals surface area contributed by atoms with Crippen LogP contribution in [0.2, 0.25) is 0 Å². The largest absolute Gasteiger partial charge is 0.493 e. The Kier molecular flexibility index (Phi) is 5.89. The summed E-state index contributed by atoms with van der Waals surface area (Å²) in [6.45, 7) is 0. The molecule has 0 saturated heterocycles. The van der Waals surface area contributed by atoms with Crippen molar-refractivity contribution in [1.29, 1.82) is 0 Å². The number of rotatable bonds is 6. The molecule has 0 spiro atoms. The number of hydrogen-bond donors (Lipinski definition) is 0. The zero-order chi connectivity index (χ0) is 19.5. The molecule has 2 aromatic rings. The van der Waals surface area contributed by atoms with Crippen LogP contribution in [0.4, 0.5) is 5.69 Å². The summed E-state index contributed by atoms with van der Waals surface area (Å²) in [4.78, 5) is 14.3. The van der Waals surface area contributed by atoms with E-state index in [1.807, 2.05) is 0 Å². The van der Waals surface area contributed by atoms with Gasteiger partial charge in [-0.2, -0.15) is 0 Å². The lowest BCUT2D eigenvalue weighted by atomic mass is 10.2. The highest BCUT2D eigenvalue weighted by Gasteiger charge is 2.21. The highest BCUT2D eigenvalue weighted by atomic mass is 32.2. The summed E-state index contributed by atoms with van der Waals surface area (Å²) in [6.07, 6.45) is 0. The molecule has 2 rings (SSSR count). The van der Waals surface area contributed by atoms with Crippen molar-refractivity contribution in [3.05, 3.63) is 48.0 Å². The van der Waals surface area contributed by atoms with Crippen LogP contribution in [0.5, 0.6) is 11.5 Å². The minimum absolute atomic E-state index is 0.0639. The van der Waals surface area contributed by atoms with E-state index in [1.165, 1.54) is 45.3 Å². The van der Waals surface area contributed by atoms with Crippen LogP contribution in [-0.4, -0.2) is 54.0 Å². The lowest BCUT2D eigenvalue weighted by molar-refractivity contribution is 0.0992. The van der Waals surface area contributed by atoms with Crippen molar-refractivity contribution in [1.82, 2.24) is 4.31 Å². The molecule has 0 aliphatic carbocycles. The molecule has 2 aromatic carbocycles. The SMILES string of the molecule is COc1ccc(N(C)C(=O)c2cccc(S(=O)(=O)N(C)C)c2)cc1OC. The van der Waals surface area contributed by atoms with Crippen LogP contribution in [0.1, 0.15) is 10.4 Å². The first-order valence-corrected chi connectivity index (χ1v) is 9.19. The zero-order valence-corrected chi connectivity index (χ0v) is 16.2. The molecule has 0 aliphatic rings. The standard InChI is InChI=1S/C18H22N2O5S/c1-19(2)26(22,23)15-8-6-7-13(11-15)18(21)20(3)14-9-10-16(24-4)17(12-14)25-5/h6-12H,1-5H3. The van der Waals surface area contributed by atoms with Crippen LogP contribution in [0, 0.1) is 0 Å². The minimum atomic E-state index is -3.62. The molecule has 0 atom stereocenters. The van der Waals surface area contributed by atoms with Gasteiger partial charge in [-0.1, -0.05) is 6.07 Å². The number of carbonyl (C=O) groups excluding carboxylic acids is 1. The number of methoxy groups -OCH3 is 2. The van der Waals surface area contributed by atoms with Crippen molar-refractivity contribution in [3.8, 4) is 11.5 Å². The number of benzene rings is 2. The molecule has 0 fully saturated rings. The Bertz CT molecular complexity index is 910. The number of carbonyl (C=O) groups is 1. The molecule has 0 radical (unpaired) electrons. The van der Waals surface area contributed by atoms with Crippen molar-refractivity contribution in [2.24, 2.45) is 0 Å².